The molecule has 1 aliphatic carbocycles. The van der Waals surface area contributed by atoms with Crippen molar-refractivity contribution >= 4 is 15.9 Å². The molecule has 0 aromatic heterocycles. The van der Waals surface area contributed by atoms with Crippen molar-refractivity contribution in [2.24, 2.45) is 0 Å². The molecule has 98 valence electrons. The summed E-state index contributed by atoms with van der Waals surface area (Å²) in [5.41, 5.74) is 0. The van der Waals surface area contributed by atoms with Crippen molar-refractivity contribution in [3.05, 3.63) is 0 Å². The van der Waals surface area contributed by atoms with Crippen LogP contribution in [0.3, 0.4) is 0 Å². The molecule has 0 aromatic rings. The molecule has 0 unspecified atom stereocenters. The number of hydrogen-bond acceptors (Lipinski definition) is 3. The molecule has 2 fully saturated rings. The maximum absolute atomic E-state index is 12.4. The van der Waals surface area contributed by atoms with Gasteiger partial charge in [0.2, 0.25) is 15.9 Å². The first kappa shape index (κ1) is 12.8. The Morgan fingerprint density at radius 3 is 2.53 bits per heavy atom. The van der Waals surface area contributed by atoms with Gasteiger partial charge in [-0.2, -0.15) is 4.31 Å². The Balaban J connectivity index is 2.05. The Bertz CT molecular complexity index is 374. The minimum atomic E-state index is -3.19. The van der Waals surface area contributed by atoms with Crippen LogP contribution < -0.4 is 5.32 Å². The lowest BCUT2D eigenvalue weighted by Gasteiger charge is -2.28. The molecular weight excluding hydrogens is 240 g/mol. The highest BCUT2D eigenvalue weighted by atomic mass is 32.2. The van der Waals surface area contributed by atoms with E-state index in [1.165, 1.54) is 4.31 Å². The molecule has 0 atom stereocenters. The number of carbonyl (C=O) groups is 1. The van der Waals surface area contributed by atoms with Crippen molar-refractivity contribution in [3.8, 4) is 0 Å². The van der Waals surface area contributed by atoms with Gasteiger partial charge in [0, 0.05) is 26.1 Å². The van der Waals surface area contributed by atoms with Crippen molar-refractivity contribution < 1.29 is 13.2 Å². The lowest BCUT2D eigenvalue weighted by Crippen LogP contribution is -2.41. The smallest absolute Gasteiger partial charge is 0.221 e. The summed E-state index contributed by atoms with van der Waals surface area (Å²) in [5.74, 6) is -0.0497. The third-order valence-corrected chi connectivity index (χ3v) is 6.00. The molecule has 5 nitrogen and oxygen atoms in total. The normalized spacial score (nSPS) is 25.3. The maximum atomic E-state index is 12.4. The first-order chi connectivity index (χ1) is 8.10. The van der Waals surface area contributed by atoms with E-state index in [1.54, 1.807) is 0 Å². The minimum Gasteiger partial charge on any atom is -0.355 e. The monoisotopic (exact) mass is 260 g/mol. The largest absolute Gasteiger partial charge is 0.355 e. The topological polar surface area (TPSA) is 66.5 Å². The highest BCUT2D eigenvalue weighted by Gasteiger charge is 2.33. The minimum absolute atomic E-state index is 0.0497. The molecule has 0 radical (unpaired) electrons. The van der Waals surface area contributed by atoms with Gasteiger partial charge in [-0.15, -0.1) is 0 Å². The van der Waals surface area contributed by atoms with Crippen LogP contribution in [0.4, 0.5) is 0 Å². The molecule has 1 amide bonds. The Morgan fingerprint density at radius 2 is 1.82 bits per heavy atom. The van der Waals surface area contributed by atoms with Gasteiger partial charge in [-0.05, 0) is 12.8 Å². The van der Waals surface area contributed by atoms with Gasteiger partial charge in [0.25, 0.3) is 0 Å². The first-order valence-corrected chi connectivity index (χ1v) is 7.87. The fourth-order valence-corrected chi connectivity index (χ4v) is 4.62. The second-order valence-electron chi connectivity index (χ2n) is 4.80. The van der Waals surface area contributed by atoms with Gasteiger partial charge in [-0.3, -0.25) is 4.79 Å². The molecule has 2 rings (SSSR count). The molecule has 17 heavy (non-hydrogen) atoms. The molecular formula is C11H20N2O3S. The summed E-state index contributed by atoms with van der Waals surface area (Å²) in [7, 11) is -3.19. The highest BCUT2D eigenvalue weighted by molar-refractivity contribution is 7.89. The van der Waals surface area contributed by atoms with Crippen LogP contribution in [0.5, 0.6) is 0 Å². The van der Waals surface area contributed by atoms with Crippen LogP contribution in [-0.2, 0) is 14.8 Å². The summed E-state index contributed by atoms with van der Waals surface area (Å²) in [5, 5.41) is 2.49. The Morgan fingerprint density at radius 1 is 1.12 bits per heavy atom. The van der Waals surface area contributed by atoms with Gasteiger partial charge in [-0.1, -0.05) is 19.3 Å². The zero-order chi connectivity index (χ0) is 12.3. The molecule has 0 spiro atoms. The number of nitrogens with one attached hydrogen (secondary N) is 1. The molecule has 1 N–H and O–H groups in total. The molecule has 0 bridgehead atoms. The van der Waals surface area contributed by atoms with E-state index in [-0.39, 0.29) is 17.6 Å². The van der Waals surface area contributed by atoms with Crippen molar-refractivity contribution in [2.75, 3.05) is 19.6 Å². The lowest BCUT2D eigenvalue weighted by atomic mass is 10.0. The van der Waals surface area contributed by atoms with E-state index in [0.29, 0.717) is 19.6 Å². The van der Waals surface area contributed by atoms with Crippen molar-refractivity contribution in [1.82, 2.24) is 9.62 Å². The van der Waals surface area contributed by atoms with Gasteiger partial charge in [-0.25, -0.2) is 8.42 Å². The van der Waals surface area contributed by atoms with Crippen molar-refractivity contribution in [3.63, 3.8) is 0 Å². The van der Waals surface area contributed by atoms with Crippen LogP contribution in [-0.4, -0.2) is 43.5 Å². The second kappa shape index (κ2) is 5.35. The summed E-state index contributed by atoms with van der Waals surface area (Å²) in [6.07, 6.45) is 5.00. The number of amides is 1. The number of sulfonamides is 1. The summed E-state index contributed by atoms with van der Waals surface area (Å²) in [4.78, 5) is 11.2. The van der Waals surface area contributed by atoms with Gasteiger partial charge in [0.15, 0.2) is 0 Å². The Hall–Kier alpha value is -0.620. The van der Waals surface area contributed by atoms with Crippen molar-refractivity contribution in [2.45, 2.75) is 43.8 Å². The number of carbonyl (C=O) groups excluding carboxylic acids is 1. The number of hydrogen-bond donors (Lipinski definition) is 1. The van der Waals surface area contributed by atoms with Crippen LogP contribution in [0.15, 0.2) is 0 Å². The predicted molar refractivity (Wildman–Crippen MR) is 65.0 cm³/mol. The summed E-state index contributed by atoms with van der Waals surface area (Å²) >= 11 is 0. The van der Waals surface area contributed by atoms with Crippen LogP contribution in [0.1, 0.15) is 38.5 Å². The molecule has 1 aliphatic heterocycles. The van der Waals surface area contributed by atoms with Gasteiger partial charge < -0.3 is 5.32 Å². The van der Waals surface area contributed by atoms with Crippen LogP contribution >= 0.6 is 0 Å². The standard InChI is InChI=1S/C11H20N2O3S/c14-11-6-8-13(9-7-12-11)17(15,16)10-4-2-1-3-5-10/h10H,1-9H2,(H,12,14). The van der Waals surface area contributed by atoms with E-state index < -0.39 is 10.0 Å². The summed E-state index contributed by atoms with van der Waals surface area (Å²) in [6, 6.07) is 0. The fraction of sp³-hybridized carbons (Fsp3) is 0.909. The van der Waals surface area contributed by atoms with Crippen LogP contribution in [0, 0.1) is 0 Å². The van der Waals surface area contributed by atoms with E-state index in [4.69, 9.17) is 0 Å². The maximum Gasteiger partial charge on any atom is 0.221 e. The Kier molecular flexibility index (Phi) is 4.04. The fourth-order valence-electron chi connectivity index (χ4n) is 2.57. The van der Waals surface area contributed by atoms with Crippen molar-refractivity contribution in [1.29, 1.82) is 0 Å². The van der Waals surface area contributed by atoms with Gasteiger partial charge >= 0.3 is 0 Å². The number of nitrogens with zero attached hydrogens (tertiary/aromatic N) is 1. The summed E-state index contributed by atoms with van der Waals surface area (Å²) < 4.78 is 26.3. The summed E-state index contributed by atoms with van der Waals surface area (Å²) in [6.45, 7) is 1.19. The SMILES string of the molecule is O=C1CCN(S(=O)(=O)C2CCCCC2)CCN1. The Labute approximate surface area is 103 Å². The van der Waals surface area contributed by atoms with E-state index >= 15 is 0 Å². The second-order valence-corrected chi connectivity index (χ2v) is 7.02. The number of rotatable bonds is 2. The van der Waals surface area contributed by atoms with E-state index in [0.717, 1.165) is 32.1 Å². The molecule has 1 saturated carbocycles. The van der Waals surface area contributed by atoms with E-state index in [1.807, 2.05) is 0 Å². The van der Waals surface area contributed by atoms with Crippen LogP contribution in [0.2, 0.25) is 0 Å². The molecule has 2 aliphatic rings. The lowest BCUT2D eigenvalue weighted by molar-refractivity contribution is -0.120. The zero-order valence-corrected chi connectivity index (χ0v) is 10.8. The average Bonchev–Trinajstić information content (AvgIpc) is 2.55. The predicted octanol–water partition coefficient (Wildman–Crippen LogP) is 0.471. The average molecular weight is 260 g/mol. The quantitative estimate of drug-likeness (QED) is 0.785. The van der Waals surface area contributed by atoms with Crippen LogP contribution in [0.25, 0.3) is 0 Å². The molecule has 0 aromatic carbocycles. The highest BCUT2D eigenvalue weighted by Crippen LogP contribution is 2.26. The third kappa shape index (κ3) is 2.98. The van der Waals surface area contributed by atoms with E-state index in [2.05, 4.69) is 5.32 Å². The zero-order valence-electron chi connectivity index (χ0n) is 10.0. The van der Waals surface area contributed by atoms with E-state index in [9.17, 15) is 13.2 Å². The van der Waals surface area contributed by atoms with Gasteiger partial charge in [0.1, 0.15) is 0 Å². The molecule has 1 saturated heterocycles. The molecule has 1 heterocycles. The first-order valence-electron chi connectivity index (χ1n) is 6.36. The molecule has 6 heteroatoms. The van der Waals surface area contributed by atoms with Gasteiger partial charge in [0.05, 0.1) is 5.25 Å². The third-order valence-electron chi connectivity index (χ3n) is 3.60.